The van der Waals surface area contributed by atoms with Crippen molar-refractivity contribution in [2.45, 2.75) is 19.2 Å². The SMILES string of the molecule is Cc1cccc(C(O)c2ccc(C(F)(F)F)c(F)c2)n1. The molecule has 0 aliphatic rings. The Kier molecular flexibility index (Phi) is 3.76. The lowest BCUT2D eigenvalue weighted by atomic mass is 10.0. The number of nitrogens with zero attached hydrogens (tertiary/aromatic N) is 1. The van der Waals surface area contributed by atoms with E-state index in [2.05, 4.69) is 4.98 Å². The van der Waals surface area contributed by atoms with E-state index in [1.165, 1.54) is 6.07 Å². The molecule has 1 aromatic carbocycles. The number of alkyl halides is 3. The van der Waals surface area contributed by atoms with Crippen LogP contribution in [0.1, 0.15) is 28.6 Å². The second kappa shape index (κ2) is 5.20. The molecule has 1 N–H and O–H groups in total. The zero-order valence-corrected chi connectivity index (χ0v) is 10.4. The minimum absolute atomic E-state index is 0.0219. The van der Waals surface area contributed by atoms with Crippen molar-refractivity contribution in [3.8, 4) is 0 Å². The summed E-state index contributed by atoms with van der Waals surface area (Å²) in [5.41, 5.74) is -0.433. The van der Waals surface area contributed by atoms with Crippen LogP contribution in [0.2, 0.25) is 0 Å². The molecule has 0 fully saturated rings. The third-order valence-corrected chi connectivity index (χ3v) is 2.80. The van der Waals surface area contributed by atoms with Crippen LogP contribution in [0.5, 0.6) is 0 Å². The van der Waals surface area contributed by atoms with Gasteiger partial charge in [0.15, 0.2) is 0 Å². The maximum absolute atomic E-state index is 13.4. The van der Waals surface area contributed by atoms with E-state index >= 15 is 0 Å². The van der Waals surface area contributed by atoms with Crippen molar-refractivity contribution in [2.75, 3.05) is 0 Å². The van der Waals surface area contributed by atoms with E-state index in [0.29, 0.717) is 17.8 Å². The molecule has 1 atom stereocenters. The van der Waals surface area contributed by atoms with Gasteiger partial charge in [-0.3, -0.25) is 4.98 Å². The van der Waals surface area contributed by atoms with Gasteiger partial charge in [0.2, 0.25) is 0 Å². The fourth-order valence-corrected chi connectivity index (χ4v) is 1.82. The summed E-state index contributed by atoms with van der Waals surface area (Å²) < 4.78 is 50.8. The van der Waals surface area contributed by atoms with Gasteiger partial charge in [0, 0.05) is 5.69 Å². The first-order chi connectivity index (χ1) is 9.29. The number of hydrogen-bond acceptors (Lipinski definition) is 2. The van der Waals surface area contributed by atoms with E-state index in [0.717, 1.165) is 6.07 Å². The Balaban J connectivity index is 2.37. The van der Waals surface area contributed by atoms with Gasteiger partial charge in [0.1, 0.15) is 11.9 Å². The summed E-state index contributed by atoms with van der Waals surface area (Å²) in [6.45, 7) is 1.71. The molecule has 1 unspecified atom stereocenters. The Hall–Kier alpha value is -1.95. The standard InChI is InChI=1S/C14H11F4NO/c1-8-3-2-4-12(19-8)13(20)9-5-6-10(11(15)7-9)14(16,17)18/h2-7,13,20H,1H3. The highest BCUT2D eigenvalue weighted by Gasteiger charge is 2.34. The van der Waals surface area contributed by atoms with Gasteiger partial charge < -0.3 is 5.11 Å². The average Bonchev–Trinajstić information content (AvgIpc) is 2.36. The van der Waals surface area contributed by atoms with Crippen molar-refractivity contribution >= 4 is 0 Å². The van der Waals surface area contributed by atoms with E-state index in [-0.39, 0.29) is 11.3 Å². The van der Waals surface area contributed by atoms with E-state index in [4.69, 9.17) is 0 Å². The molecule has 0 spiro atoms. The van der Waals surface area contributed by atoms with Crippen LogP contribution >= 0.6 is 0 Å². The monoisotopic (exact) mass is 285 g/mol. The third kappa shape index (κ3) is 2.96. The Morgan fingerprint density at radius 2 is 1.85 bits per heavy atom. The van der Waals surface area contributed by atoms with Crippen molar-refractivity contribution in [1.29, 1.82) is 0 Å². The summed E-state index contributed by atoms with van der Waals surface area (Å²) >= 11 is 0. The highest BCUT2D eigenvalue weighted by Crippen LogP contribution is 2.33. The van der Waals surface area contributed by atoms with Crippen LogP contribution in [0.3, 0.4) is 0 Å². The molecule has 0 aliphatic carbocycles. The Labute approximate surface area is 112 Å². The van der Waals surface area contributed by atoms with Crippen LogP contribution in [0.4, 0.5) is 17.6 Å². The number of rotatable bonds is 2. The van der Waals surface area contributed by atoms with E-state index in [1.54, 1.807) is 19.1 Å². The first-order valence-electron chi connectivity index (χ1n) is 5.77. The van der Waals surface area contributed by atoms with Crippen molar-refractivity contribution in [1.82, 2.24) is 4.98 Å². The molecule has 2 rings (SSSR count). The maximum atomic E-state index is 13.4. The second-order valence-corrected chi connectivity index (χ2v) is 4.34. The Morgan fingerprint density at radius 3 is 2.40 bits per heavy atom. The zero-order chi connectivity index (χ0) is 14.9. The smallest absolute Gasteiger partial charge is 0.382 e. The summed E-state index contributed by atoms with van der Waals surface area (Å²) in [6, 6.07) is 7.22. The quantitative estimate of drug-likeness (QED) is 0.855. The molecule has 0 amide bonds. The number of aliphatic hydroxyl groups excluding tert-OH is 1. The summed E-state index contributed by atoms with van der Waals surface area (Å²) in [6.07, 6.45) is -6.03. The Bertz CT molecular complexity index is 625. The molecule has 0 aliphatic heterocycles. The van der Waals surface area contributed by atoms with Crippen molar-refractivity contribution in [2.24, 2.45) is 0 Å². The van der Waals surface area contributed by atoms with E-state index in [1.807, 2.05) is 0 Å². The summed E-state index contributed by atoms with van der Waals surface area (Å²) in [5, 5.41) is 10.0. The molecule has 2 aromatic rings. The molecule has 20 heavy (non-hydrogen) atoms. The minimum Gasteiger partial charge on any atom is -0.382 e. The molecule has 1 heterocycles. The lowest BCUT2D eigenvalue weighted by Gasteiger charge is -2.13. The number of pyridine rings is 1. The zero-order valence-electron chi connectivity index (χ0n) is 10.4. The van der Waals surface area contributed by atoms with Crippen LogP contribution in [-0.2, 0) is 6.18 Å². The first kappa shape index (κ1) is 14.5. The summed E-state index contributed by atoms with van der Waals surface area (Å²) in [5.74, 6) is -1.42. The van der Waals surface area contributed by atoms with Gasteiger partial charge in [-0.25, -0.2) is 4.39 Å². The topological polar surface area (TPSA) is 33.1 Å². The molecule has 0 saturated heterocycles. The number of aliphatic hydroxyl groups is 1. The van der Waals surface area contributed by atoms with Gasteiger partial charge in [0.05, 0.1) is 11.3 Å². The molecule has 0 saturated carbocycles. The maximum Gasteiger partial charge on any atom is 0.419 e. The lowest BCUT2D eigenvalue weighted by molar-refractivity contribution is -0.140. The predicted molar refractivity (Wildman–Crippen MR) is 64.4 cm³/mol. The minimum atomic E-state index is -4.75. The second-order valence-electron chi connectivity index (χ2n) is 4.34. The van der Waals surface area contributed by atoms with Gasteiger partial charge in [-0.2, -0.15) is 13.2 Å². The third-order valence-electron chi connectivity index (χ3n) is 2.80. The van der Waals surface area contributed by atoms with Crippen molar-refractivity contribution < 1.29 is 22.7 Å². The van der Waals surface area contributed by atoms with Gasteiger partial charge >= 0.3 is 6.18 Å². The van der Waals surface area contributed by atoms with Gasteiger partial charge in [-0.05, 0) is 36.8 Å². The fraction of sp³-hybridized carbons (Fsp3) is 0.214. The summed E-state index contributed by atoms with van der Waals surface area (Å²) in [4.78, 5) is 4.06. The van der Waals surface area contributed by atoms with E-state index in [9.17, 15) is 22.7 Å². The molecule has 106 valence electrons. The average molecular weight is 285 g/mol. The highest BCUT2D eigenvalue weighted by molar-refractivity contribution is 5.31. The number of aromatic nitrogens is 1. The van der Waals surface area contributed by atoms with Crippen LogP contribution in [0, 0.1) is 12.7 Å². The number of halogens is 4. The molecule has 2 nitrogen and oxygen atoms in total. The number of hydrogen-bond donors (Lipinski definition) is 1. The molecular weight excluding hydrogens is 274 g/mol. The first-order valence-corrected chi connectivity index (χ1v) is 5.77. The molecule has 1 aromatic heterocycles. The normalized spacial score (nSPS) is 13.3. The Morgan fingerprint density at radius 1 is 1.15 bits per heavy atom. The van der Waals surface area contributed by atoms with Crippen molar-refractivity contribution in [3.05, 3.63) is 64.7 Å². The van der Waals surface area contributed by atoms with Crippen LogP contribution in [0.15, 0.2) is 36.4 Å². The number of benzene rings is 1. The summed E-state index contributed by atoms with van der Waals surface area (Å²) in [7, 11) is 0. The van der Waals surface area contributed by atoms with E-state index < -0.39 is 23.7 Å². The molecule has 6 heteroatoms. The lowest BCUT2D eigenvalue weighted by Crippen LogP contribution is -2.10. The highest BCUT2D eigenvalue weighted by atomic mass is 19.4. The van der Waals surface area contributed by atoms with Gasteiger partial charge in [-0.1, -0.05) is 12.1 Å². The van der Waals surface area contributed by atoms with Gasteiger partial charge in [0.25, 0.3) is 0 Å². The van der Waals surface area contributed by atoms with Gasteiger partial charge in [-0.15, -0.1) is 0 Å². The largest absolute Gasteiger partial charge is 0.419 e. The molecule has 0 radical (unpaired) electrons. The number of aryl methyl sites for hydroxylation is 1. The van der Waals surface area contributed by atoms with Crippen LogP contribution in [0.25, 0.3) is 0 Å². The van der Waals surface area contributed by atoms with Crippen molar-refractivity contribution in [3.63, 3.8) is 0 Å². The molecule has 0 bridgehead atoms. The molecular formula is C14H11F4NO. The van der Waals surface area contributed by atoms with Crippen LogP contribution in [-0.4, -0.2) is 10.1 Å². The predicted octanol–water partition coefficient (Wildman–Crippen LogP) is 3.63. The van der Waals surface area contributed by atoms with Crippen LogP contribution < -0.4 is 0 Å². The fourth-order valence-electron chi connectivity index (χ4n) is 1.82.